The van der Waals surface area contributed by atoms with Crippen LogP contribution < -0.4 is 10.1 Å². The van der Waals surface area contributed by atoms with Crippen molar-refractivity contribution in [3.63, 3.8) is 0 Å². The highest BCUT2D eigenvalue weighted by atomic mass is 32.1. The standard InChI is InChI=1S/C14H13N3O2S2/c1-8-12(21-14(20)16-8)6-13(18)17-10-4-3-9(7-15)5-11(10)19-2/h3-5H,6H2,1-2H3,(H,16,20)(H,17,18). The average molecular weight is 319 g/mol. The second-order valence-electron chi connectivity index (χ2n) is 4.31. The van der Waals surface area contributed by atoms with E-state index in [0.717, 1.165) is 10.6 Å². The zero-order chi connectivity index (χ0) is 15.4. The Morgan fingerprint density at radius 2 is 2.33 bits per heavy atom. The second-order valence-corrected chi connectivity index (χ2v) is 6.09. The summed E-state index contributed by atoms with van der Waals surface area (Å²) in [7, 11) is 1.49. The first-order chi connectivity index (χ1) is 10.0. The van der Waals surface area contributed by atoms with Gasteiger partial charge in [-0.15, -0.1) is 11.3 Å². The van der Waals surface area contributed by atoms with Crippen LogP contribution in [0.25, 0.3) is 0 Å². The molecule has 2 rings (SSSR count). The third-order valence-electron chi connectivity index (χ3n) is 2.85. The molecule has 0 fully saturated rings. The van der Waals surface area contributed by atoms with Crippen LogP contribution in [0, 0.1) is 22.2 Å². The number of nitrogens with one attached hydrogen (secondary N) is 2. The van der Waals surface area contributed by atoms with E-state index in [-0.39, 0.29) is 12.3 Å². The van der Waals surface area contributed by atoms with E-state index in [9.17, 15) is 4.79 Å². The molecule has 108 valence electrons. The molecule has 21 heavy (non-hydrogen) atoms. The lowest BCUT2D eigenvalue weighted by molar-refractivity contribution is -0.115. The molecule has 1 aromatic heterocycles. The van der Waals surface area contributed by atoms with Crippen LogP contribution in [0.15, 0.2) is 18.2 Å². The van der Waals surface area contributed by atoms with Crippen LogP contribution >= 0.6 is 23.6 Å². The number of nitrogens with zero attached hydrogens (tertiary/aromatic N) is 1. The van der Waals surface area contributed by atoms with Crippen molar-refractivity contribution in [3.05, 3.63) is 38.3 Å². The smallest absolute Gasteiger partial charge is 0.229 e. The van der Waals surface area contributed by atoms with Crippen LogP contribution in [0.5, 0.6) is 5.75 Å². The fourth-order valence-corrected chi connectivity index (χ4v) is 3.10. The van der Waals surface area contributed by atoms with E-state index in [1.807, 2.05) is 13.0 Å². The molecule has 2 aromatic rings. The van der Waals surface area contributed by atoms with Gasteiger partial charge in [0.05, 0.1) is 30.9 Å². The number of aromatic amines is 1. The van der Waals surface area contributed by atoms with Crippen molar-refractivity contribution in [2.45, 2.75) is 13.3 Å². The summed E-state index contributed by atoms with van der Waals surface area (Å²) in [6, 6.07) is 6.89. The first kappa shape index (κ1) is 15.2. The summed E-state index contributed by atoms with van der Waals surface area (Å²) in [5, 5.41) is 11.6. The molecule has 1 heterocycles. The molecule has 0 unspecified atom stereocenters. The number of thiazole rings is 1. The highest BCUT2D eigenvalue weighted by Gasteiger charge is 2.12. The van der Waals surface area contributed by atoms with E-state index < -0.39 is 0 Å². The fraction of sp³-hybridized carbons (Fsp3) is 0.214. The lowest BCUT2D eigenvalue weighted by atomic mass is 10.2. The van der Waals surface area contributed by atoms with Crippen LogP contribution in [-0.2, 0) is 11.2 Å². The van der Waals surface area contributed by atoms with Crippen molar-refractivity contribution in [1.29, 1.82) is 5.26 Å². The summed E-state index contributed by atoms with van der Waals surface area (Å²) in [5.41, 5.74) is 1.93. The van der Waals surface area contributed by atoms with E-state index in [1.54, 1.807) is 18.2 Å². The van der Waals surface area contributed by atoms with Crippen molar-refractivity contribution in [2.24, 2.45) is 0 Å². The van der Waals surface area contributed by atoms with Gasteiger partial charge < -0.3 is 15.0 Å². The molecule has 0 radical (unpaired) electrons. The number of amides is 1. The Kier molecular flexibility index (Phi) is 4.73. The van der Waals surface area contributed by atoms with E-state index in [1.165, 1.54) is 18.4 Å². The number of carbonyl (C=O) groups excluding carboxylic acids is 1. The lowest BCUT2D eigenvalue weighted by Gasteiger charge is -2.10. The quantitative estimate of drug-likeness (QED) is 0.849. The molecule has 0 aliphatic carbocycles. The summed E-state index contributed by atoms with van der Waals surface area (Å²) in [5.74, 6) is 0.298. The number of nitriles is 1. The number of hydrogen-bond acceptors (Lipinski definition) is 5. The monoisotopic (exact) mass is 319 g/mol. The Bertz CT molecular complexity index is 771. The van der Waals surface area contributed by atoms with E-state index in [0.29, 0.717) is 21.0 Å². The zero-order valence-electron chi connectivity index (χ0n) is 11.5. The van der Waals surface area contributed by atoms with Gasteiger partial charge in [-0.05, 0) is 31.3 Å². The molecule has 0 bridgehead atoms. The number of rotatable bonds is 4. The maximum Gasteiger partial charge on any atom is 0.229 e. The number of ether oxygens (including phenoxy) is 1. The molecule has 1 amide bonds. The van der Waals surface area contributed by atoms with Gasteiger partial charge in [0.25, 0.3) is 0 Å². The minimum atomic E-state index is -0.161. The largest absolute Gasteiger partial charge is 0.495 e. The molecule has 1 aromatic carbocycles. The maximum atomic E-state index is 12.1. The van der Waals surface area contributed by atoms with Crippen molar-refractivity contribution < 1.29 is 9.53 Å². The van der Waals surface area contributed by atoms with Gasteiger partial charge >= 0.3 is 0 Å². The van der Waals surface area contributed by atoms with Gasteiger partial charge in [0, 0.05) is 16.6 Å². The summed E-state index contributed by atoms with van der Waals surface area (Å²) in [6.45, 7) is 1.89. The Labute approximate surface area is 131 Å². The Hall–Kier alpha value is -2.17. The molecule has 0 saturated carbocycles. The van der Waals surface area contributed by atoms with Gasteiger partial charge in [0.15, 0.2) is 3.95 Å². The molecule has 5 nitrogen and oxygen atoms in total. The summed E-state index contributed by atoms with van der Waals surface area (Å²) in [6.07, 6.45) is 0.243. The van der Waals surface area contributed by atoms with Crippen LogP contribution in [0.2, 0.25) is 0 Å². The Morgan fingerprint density at radius 3 is 2.90 bits per heavy atom. The molecular weight excluding hydrogens is 306 g/mol. The van der Waals surface area contributed by atoms with Crippen molar-refractivity contribution in [1.82, 2.24) is 4.98 Å². The minimum absolute atomic E-state index is 0.161. The zero-order valence-corrected chi connectivity index (χ0v) is 13.2. The summed E-state index contributed by atoms with van der Waals surface area (Å²) < 4.78 is 5.84. The third kappa shape index (κ3) is 3.68. The van der Waals surface area contributed by atoms with Crippen molar-refractivity contribution >= 4 is 35.1 Å². The number of H-pyrrole nitrogens is 1. The molecule has 0 aliphatic heterocycles. The molecule has 7 heteroatoms. The predicted molar refractivity (Wildman–Crippen MR) is 84.3 cm³/mol. The number of hydrogen-bond donors (Lipinski definition) is 2. The van der Waals surface area contributed by atoms with Crippen molar-refractivity contribution in [2.75, 3.05) is 12.4 Å². The van der Waals surface area contributed by atoms with E-state index in [2.05, 4.69) is 10.3 Å². The number of methoxy groups -OCH3 is 1. The van der Waals surface area contributed by atoms with Crippen LogP contribution in [0.4, 0.5) is 5.69 Å². The third-order valence-corrected chi connectivity index (χ3v) is 4.19. The van der Waals surface area contributed by atoms with E-state index in [4.69, 9.17) is 22.2 Å². The van der Waals surface area contributed by atoms with Gasteiger partial charge in [-0.2, -0.15) is 5.26 Å². The first-order valence-corrected chi connectivity index (χ1v) is 7.32. The second kappa shape index (κ2) is 6.52. The summed E-state index contributed by atoms with van der Waals surface area (Å²) >= 11 is 6.44. The SMILES string of the molecule is COc1cc(C#N)ccc1NC(=O)Cc1sc(=S)[nH]c1C. The molecule has 0 saturated heterocycles. The van der Waals surface area contributed by atoms with Gasteiger partial charge in [-0.1, -0.05) is 0 Å². The first-order valence-electron chi connectivity index (χ1n) is 6.10. The number of aromatic nitrogens is 1. The minimum Gasteiger partial charge on any atom is -0.495 e. The summed E-state index contributed by atoms with van der Waals surface area (Å²) in [4.78, 5) is 16.0. The van der Waals surface area contributed by atoms with Crippen molar-refractivity contribution in [3.8, 4) is 11.8 Å². The number of carbonyl (C=O) groups is 1. The fourth-order valence-electron chi connectivity index (χ4n) is 1.81. The number of anilines is 1. The highest BCUT2D eigenvalue weighted by Crippen LogP contribution is 2.26. The van der Waals surface area contributed by atoms with Crippen LogP contribution in [-0.4, -0.2) is 18.0 Å². The van der Waals surface area contributed by atoms with Gasteiger partial charge in [-0.25, -0.2) is 0 Å². The average Bonchev–Trinajstić information content (AvgIpc) is 2.77. The predicted octanol–water partition coefficient (Wildman–Crippen LogP) is 3.18. The molecule has 2 N–H and O–H groups in total. The Morgan fingerprint density at radius 1 is 1.57 bits per heavy atom. The highest BCUT2D eigenvalue weighted by molar-refractivity contribution is 7.73. The van der Waals surface area contributed by atoms with E-state index >= 15 is 0 Å². The normalized spacial score (nSPS) is 9.95. The topological polar surface area (TPSA) is 77.9 Å². The van der Waals surface area contributed by atoms with Gasteiger partial charge in [0.2, 0.25) is 5.91 Å². The maximum absolute atomic E-state index is 12.1. The Balaban J connectivity index is 2.15. The lowest BCUT2D eigenvalue weighted by Crippen LogP contribution is -2.15. The van der Waals surface area contributed by atoms with Gasteiger partial charge in [-0.3, -0.25) is 4.79 Å². The van der Waals surface area contributed by atoms with Gasteiger partial charge in [0.1, 0.15) is 5.75 Å². The van der Waals surface area contributed by atoms with Crippen LogP contribution in [0.1, 0.15) is 16.1 Å². The molecule has 0 atom stereocenters. The molecule has 0 aliphatic rings. The number of benzene rings is 1. The van der Waals surface area contributed by atoms with Crippen LogP contribution in [0.3, 0.4) is 0 Å². The number of aryl methyl sites for hydroxylation is 1. The molecular formula is C14H13N3O2S2. The molecule has 0 spiro atoms.